The lowest BCUT2D eigenvalue weighted by Crippen LogP contribution is -2.40. The van der Waals surface area contributed by atoms with Crippen LogP contribution < -0.4 is 0 Å². The summed E-state index contributed by atoms with van der Waals surface area (Å²) < 4.78 is 14.9. The van der Waals surface area contributed by atoms with Crippen LogP contribution in [0.4, 0.5) is 0 Å². The van der Waals surface area contributed by atoms with Gasteiger partial charge in [-0.2, -0.15) is 0 Å². The summed E-state index contributed by atoms with van der Waals surface area (Å²) in [7, 11) is 0. The van der Waals surface area contributed by atoms with E-state index in [9.17, 15) is 14.4 Å². The molecular formula is C11H10O6. The van der Waals surface area contributed by atoms with Crippen molar-refractivity contribution < 1.29 is 28.6 Å². The molecular weight excluding hydrogens is 228 g/mol. The first-order valence-corrected chi connectivity index (χ1v) is 5.75. The smallest absolute Gasteiger partial charge is 0.316 e. The lowest BCUT2D eigenvalue weighted by Gasteiger charge is -2.27. The third kappa shape index (κ3) is 1.16. The molecule has 0 aromatic heterocycles. The maximum atomic E-state index is 11.8. The summed E-state index contributed by atoms with van der Waals surface area (Å²) in [6.07, 6.45) is 0.198. The van der Waals surface area contributed by atoms with Crippen molar-refractivity contribution in [2.45, 2.75) is 25.2 Å². The highest BCUT2D eigenvalue weighted by Crippen LogP contribution is 2.55. The van der Waals surface area contributed by atoms with E-state index < -0.39 is 18.2 Å². The molecule has 1 saturated carbocycles. The van der Waals surface area contributed by atoms with Crippen molar-refractivity contribution >= 4 is 17.9 Å². The van der Waals surface area contributed by atoms with E-state index in [-0.39, 0.29) is 42.2 Å². The number of epoxide rings is 1. The summed E-state index contributed by atoms with van der Waals surface area (Å²) in [5.41, 5.74) is 0. The number of hydrogen-bond acceptors (Lipinski definition) is 6. The molecule has 6 nitrogen and oxygen atoms in total. The molecule has 90 valence electrons. The highest BCUT2D eigenvalue weighted by Gasteiger charge is 2.65. The summed E-state index contributed by atoms with van der Waals surface area (Å²) >= 11 is 0. The van der Waals surface area contributed by atoms with E-state index in [1.807, 2.05) is 0 Å². The van der Waals surface area contributed by atoms with Gasteiger partial charge in [0.1, 0.15) is 6.10 Å². The molecule has 4 rings (SSSR count). The summed E-state index contributed by atoms with van der Waals surface area (Å²) in [6, 6.07) is 0. The molecule has 6 atom stereocenters. The quantitative estimate of drug-likeness (QED) is 0.325. The third-order valence-electron chi connectivity index (χ3n) is 4.29. The average molecular weight is 238 g/mol. The first kappa shape index (κ1) is 9.58. The van der Waals surface area contributed by atoms with Gasteiger partial charge in [0.15, 0.2) is 0 Å². The van der Waals surface area contributed by atoms with Crippen LogP contribution in [0.3, 0.4) is 0 Å². The van der Waals surface area contributed by atoms with Gasteiger partial charge < -0.3 is 14.2 Å². The molecule has 0 aromatic rings. The predicted octanol–water partition coefficient (Wildman–Crippen LogP) is -0.390. The van der Waals surface area contributed by atoms with Crippen LogP contribution in [0.5, 0.6) is 0 Å². The van der Waals surface area contributed by atoms with Gasteiger partial charge in [-0.1, -0.05) is 0 Å². The maximum Gasteiger partial charge on any atom is 0.316 e. The first-order valence-electron chi connectivity index (χ1n) is 5.75. The van der Waals surface area contributed by atoms with Crippen molar-refractivity contribution in [2.24, 2.45) is 23.7 Å². The maximum absolute atomic E-state index is 11.8. The van der Waals surface area contributed by atoms with Crippen LogP contribution in [0.1, 0.15) is 12.8 Å². The zero-order valence-electron chi connectivity index (χ0n) is 8.83. The average Bonchev–Trinajstić information content (AvgIpc) is 2.90. The molecule has 3 heterocycles. The van der Waals surface area contributed by atoms with Gasteiger partial charge in [0, 0.05) is 5.92 Å². The molecule has 0 aromatic carbocycles. The molecule has 6 heteroatoms. The van der Waals surface area contributed by atoms with Gasteiger partial charge in [-0.15, -0.1) is 0 Å². The van der Waals surface area contributed by atoms with Crippen LogP contribution in [0.15, 0.2) is 0 Å². The Hall–Kier alpha value is -1.43. The van der Waals surface area contributed by atoms with E-state index in [2.05, 4.69) is 4.74 Å². The lowest BCUT2D eigenvalue weighted by atomic mass is 9.82. The van der Waals surface area contributed by atoms with Gasteiger partial charge >= 0.3 is 17.9 Å². The summed E-state index contributed by atoms with van der Waals surface area (Å²) in [5.74, 6) is -2.34. The van der Waals surface area contributed by atoms with Crippen LogP contribution in [0.2, 0.25) is 0 Å². The minimum Gasteiger partial charge on any atom is -0.433 e. The summed E-state index contributed by atoms with van der Waals surface area (Å²) in [5, 5.41) is 0. The van der Waals surface area contributed by atoms with Crippen LogP contribution in [0.25, 0.3) is 0 Å². The number of hydrogen-bond donors (Lipinski definition) is 0. The molecule has 0 amide bonds. The summed E-state index contributed by atoms with van der Waals surface area (Å²) in [6.45, 7) is 0. The number of rotatable bonds is 0. The van der Waals surface area contributed by atoms with E-state index in [0.717, 1.165) is 0 Å². The van der Waals surface area contributed by atoms with Gasteiger partial charge in [0.2, 0.25) is 6.29 Å². The Morgan fingerprint density at radius 3 is 2.71 bits per heavy atom. The van der Waals surface area contributed by atoms with Crippen LogP contribution in [-0.2, 0) is 28.6 Å². The molecule has 3 aliphatic heterocycles. The molecule has 4 aliphatic rings. The first-order chi connectivity index (χ1) is 8.15. The Kier molecular flexibility index (Phi) is 1.62. The van der Waals surface area contributed by atoms with E-state index in [1.165, 1.54) is 0 Å². The SMILES string of the molecule is O=C1CC2C(CC3C4OC4OC(=O)C23)C(=O)O1. The monoisotopic (exact) mass is 238 g/mol. The number of ether oxygens (including phenoxy) is 3. The van der Waals surface area contributed by atoms with Crippen molar-refractivity contribution in [3.05, 3.63) is 0 Å². The minimum absolute atomic E-state index is 0.00898. The molecule has 1 aliphatic carbocycles. The van der Waals surface area contributed by atoms with Crippen molar-refractivity contribution in [3.63, 3.8) is 0 Å². The molecule has 0 bridgehead atoms. The Labute approximate surface area is 96.2 Å². The zero-order valence-corrected chi connectivity index (χ0v) is 8.83. The van der Waals surface area contributed by atoms with Crippen molar-refractivity contribution in [2.75, 3.05) is 0 Å². The largest absolute Gasteiger partial charge is 0.433 e. The number of carbonyl (C=O) groups excluding carboxylic acids is 3. The van der Waals surface area contributed by atoms with Crippen molar-refractivity contribution in [1.29, 1.82) is 0 Å². The highest BCUT2D eigenvalue weighted by atomic mass is 16.8. The van der Waals surface area contributed by atoms with Crippen molar-refractivity contribution in [1.82, 2.24) is 0 Å². The normalized spacial score (nSPS) is 50.9. The number of carbonyl (C=O) groups is 3. The van der Waals surface area contributed by atoms with E-state index in [4.69, 9.17) is 9.47 Å². The molecule has 17 heavy (non-hydrogen) atoms. The number of esters is 3. The van der Waals surface area contributed by atoms with E-state index >= 15 is 0 Å². The molecule has 3 saturated heterocycles. The summed E-state index contributed by atoms with van der Waals surface area (Å²) in [4.78, 5) is 34.7. The Bertz CT molecular complexity index is 443. The zero-order chi connectivity index (χ0) is 11.7. The Balaban J connectivity index is 1.70. The predicted molar refractivity (Wildman–Crippen MR) is 49.0 cm³/mol. The van der Waals surface area contributed by atoms with Gasteiger partial charge in [0.25, 0.3) is 0 Å². The third-order valence-corrected chi connectivity index (χ3v) is 4.29. The number of fused-ring (bicyclic) bond motifs is 5. The van der Waals surface area contributed by atoms with E-state index in [0.29, 0.717) is 6.42 Å². The molecule has 6 unspecified atom stereocenters. The fourth-order valence-corrected chi connectivity index (χ4v) is 3.53. The van der Waals surface area contributed by atoms with Crippen LogP contribution >= 0.6 is 0 Å². The second-order valence-corrected chi connectivity index (χ2v) is 5.10. The second kappa shape index (κ2) is 2.87. The minimum atomic E-state index is -0.538. The fourth-order valence-electron chi connectivity index (χ4n) is 3.53. The number of cyclic esters (lactones) is 2. The standard InChI is InChI=1S/C11H10O6/c12-6-2-3-4(9(13)15-6)1-5-7(3)10(14)17-11-8(5)16-11/h3-5,7-8,11H,1-2H2. The molecule has 0 N–H and O–H groups in total. The van der Waals surface area contributed by atoms with Gasteiger partial charge in [-0.3, -0.25) is 14.4 Å². The molecule has 0 spiro atoms. The van der Waals surface area contributed by atoms with Crippen LogP contribution in [0, 0.1) is 23.7 Å². The Morgan fingerprint density at radius 1 is 1.06 bits per heavy atom. The topological polar surface area (TPSA) is 82.2 Å². The van der Waals surface area contributed by atoms with Gasteiger partial charge in [-0.05, 0) is 12.3 Å². The Morgan fingerprint density at radius 2 is 1.88 bits per heavy atom. The van der Waals surface area contributed by atoms with Gasteiger partial charge in [0.05, 0.1) is 18.3 Å². The molecule has 4 fully saturated rings. The van der Waals surface area contributed by atoms with Gasteiger partial charge in [-0.25, -0.2) is 0 Å². The van der Waals surface area contributed by atoms with Crippen molar-refractivity contribution in [3.8, 4) is 0 Å². The lowest BCUT2D eigenvalue weighted by molar-refractivity contribution is -0.172. The molecule has 0 radical (unpaired) electrons. The fraction of sp³-hybridized carbons (Fsp3) is 0.727. The van der Waals surface area contributed by atoms with E-state index in [1.54, 1.807) is 0 Å². The van der Waals surface area contributed by atoms with Crippen LogP contribution in [-0.4, -0.2) is 30.3 Å². The second-order valence-electron chi connectivity index (χ2n) is 5.10. The highest BCUT2D eigenvalue weighted by molar-refractivity contribution is 5.92.